The molecule has 2 aromatic rings. The Bertz CT molecular complexity index is 641. The molecule has 1 amide bonds. The van der Waals surface area contributed by atoms with E-state index in [4.69, 9.17) is 0 Å². The lowest BCUT2D eigenvalue weighted by molar-refractivity contribution is 0.0718. The molecule has 4 nitrogen and oxygen atoms in total. The Kier molecular flexibility index (Phi) is 4.43. The van der Waals surface area contributed by atoms with E-state index >= 15 is 0 Å². The van der Waals surface area contributed by atoms with Crippen molar-refractivity contribution in [3.8, 4) is 0 Å². The maximum absolute atomic E-state index is 12.5. The van der Waals surface area contributed by atoms with Gasteiger partial charge < -0.3 is 9.80 Å². The van der Waals surface area contributed by atoms with Crippen LogP contribution in [0.25, 0.3) is 0 Å². The predicted octanol–water partition coefficient (Wildman–Crippen LogP) is 3.19. The molecule has 0 saturated carbocycles. The fourth-order valence-electron chi connectivity index (χ4n) is 2.94. The highest BCUT2D eigenvalue weighted by Crippen LogP contribution is 2.22. The zero-order chi connectivity index (χ0) is 15.5. The molecule has 0 bridgehead atoms. The molecule has 3 rings (SSSR count). The second kappa shape index (κ2) is 6.48. The van der Waals surface area contributed by atoms with Gasteiger partial charge in [0.15, 0.2) is 0 Å². The molecule has 2 aromatic heterocycles. The average Bonchev–Trinajstić information content (AvgIpc) is 3.08. The van der Waals surface area contributed by atoms with Crippen molar-refractivity contribution in [1.82, 2.24) is 9.88 Å². The minimum Gasteiger partial charge on any atom is -0.355 e. The number of pyridine rings is 1. The van der Waals surface area contributed by atoms with Crippen LogP contribution in [0.3, 0.4) is 0 Å². The van der Waals surface area contributed by atoms with Crippen LogP contribution in [0.15, 0.2) is 35.0 Å². The summed E-state index contributed by atoms with van der Waals surface area (Å²) in [6.45, 7) is 3.87. The Morgan fingerprint density at radius 3 is 3.00 bits per heavy atom. The first-order valence-electron chi connectivity index (χ1n) is 7.63. The first kappa shape index (κ1) is 15.0. The van der Waals surface area contributed by atoms with Crippen molar-refractivity contribution in [1.29, 1.82) is 0 Å². The third-order valence-corrected chi connectivity index (χ3v) is 4.91. The molecule has 1 atom stereocenters. The van der Waals surface area contributed by atoms with Crippen molar-refractivity contribution < 1.29 is 4.79 Å². The SMILES string of the molecule is Cc1cccc(N2CCCC(N(C)C(=O)c3ccsc3)C2)n1. The summed E-state index contributed by atoms with van der Waals surface area (Å²) in [4.78, 5) is 21.3. The number of carbonyl (C=O) groups is 1. The van der Waals surface area contributed by atoms with E-state index in [1.165, 1.54) is 0 Å². The molecule has 0 N–H and O–H groups in total. The van der Waals surface area contributed by atoms with Crippen LogP contribution in [0.5, 0.6) is 0 Å². The zero-order valence-corrected chi connectivity index (χ0v) is 13.8. The Labute approximate surface area is 135 Å². The fraction of sp³-hybridized carbons (Fsp3) is 0.412. The molecule has 22 heavy (non-hydrogen) atoms. The Morgan fingerprint density at radius 2 is 2.27 bits per heavy atom. The molecule has 3 heterocycles. The van der Waals surface area contributed by atoms with Gasteiger partial charge in [-0.2, -0.15) is 11.3 Å². The Balaban J connectivity index is 1.71. The molecule has 0 aliphatic carbocycles. The molecular formula is C17H21N3OS. The number of nitrogens with zero attached hydrogens (tertiary/aromatic N) is 3. The van der Waals surface area contributed by atoms with Gasteiger partial charge >= 0.3 is 0 Å². The number of likely N-dealkylation sites (N-methyl/N-ethyl adjacent to an activating group) is 1. The molecule has 1 aliphatic rings. The van der Waals surface area contributed by atoms with Gasteiger partial charge in [-0.05, 0) is 43.3 Å². The van der Waals surface area contributed by atoms with Crippen LogP contribution in [0.2, 0.25) is 0 Å². The molecule has 1 saturated heterocycles. The topological polar surface area (TPSA) is 36.4 Å². The Morgan fingerprint density at radius 1 is 1.41 bits per heavy atom. The van der Waals surface area contributed by atoms with E-state index < -0.39 is 0 Å². The molecular weight excluding hydrogens is 294 g/mol. The van der Waals surface area contributed by atoms with E-state index in [9.17, 15) is 4.79 Å². The van der Waals surface area contributed by atoms with Gasteiger partial charge in [0, 0.05) is 37.3 Å². The molecule has 1 fully saturated rings. The summed E-state index contributed by atoms with van der Waals surface area (Å²) in [5.74, 6) is 1.13. The number of hydrogen-bond acceptors (Lipinski definition) is 4. The quantitative estimate of drug-likeness (QED) is 0.873. The number of aromatic nitrogens is 1. The fourth-order valence-corrected chi connectivity index (χ4v) is 3.57. The molecule has 1 unspecified atom stereocenters. The summed E-state index contributed by atoms with van der Waals surface area (Å²) in [5.41, 5.74) is 1.82. The molecule has 1 aliphatic heterocycles. The number of thiophene rings is 1. The van der Waals surface area contributed by atoms with Crippen LogP contribution in [-0.4, -0.2) is 42.0 Å². The maximum Gasteiger partial charge on any atom is 0.254 e. The van der Waals surface area contributed by atoms with Gasteiger partial charge in [-0.3, -0.25) is 4.79 Å². The molecule has 5 heteroatoms. The summed E-state index contributed by atoms with van der Waals surface area (Å²) in [6.07, 6.45) is 2.14. The van der Waals surface area contributed by atoms with E-state index in [0.717, 1.165) is 43.0 Å². The largest absolute Gasteiger partial charge is 0.355 e. The highest BCUT2D eigenvalue weighted by atomic mass is 32.1. The second-order valence-electron chi connectivity index (χ2n) is 5.81. The highest BCUT2D eigenvalue weighted by Gasteiger charge is 2.27. The van der Waals surface area contributed by atoms with Crippen LogP contribution < -0.4 is 4.90 Å². The predicted molar refractivity (Wildman–Crippen MR) is 90.6 cm³/mol. The lowest BCUT2D eigenvalue weighted by Gasteiger charge is -2.38. The van der Waals surface area contributed by atoms with Crippen molar-refractivity contribution in [2.45, 2.75) is 25.8 Å². The van der Waals surface area contributed by atoms with E-state index in [-0.39, 0.29) is 11.9 Å². The normalized spacial score (nSPS) is 18.3. The molecule has 0 spiro atoms. The smallest absolute Gasteiger partial charge is 0.254 e. The van der Waals surface area contributed by atoms with Crippen LogP contribution in [0.4, 0.5) is 5.82 Å². The lowest BCUT2D eigenvalue weighted by atomic mass is 10.0. The van der Waals surface area contributed by atoms with Crippen molar-refractivity contribution in [2.24, 2.45) is 0 Å². The van der Waals surface area contributed by atoms with E-state index in [2.05, 4.69) is 16.0 Å². The lowest BCUT2D eigenvalue weighted by Crippen LogP contribution is -2.48. The van der Waals surface area contributed by atoms with E-state index in [1.807, 2.05) is 47.8 Å². The van der Waals surface area contributed by atoms with Crippen molar-refractivity contribution in [2.75, 3.05) is 25.0 Å². The van der Waals surface area contributed by atoms with E-state index in [0.29, 0.717) is 0 Å². The number of hydrogen-bond donors (Lipinski definition) is 0. The van der Waals surface area contributed by atoms with Crippen molar-refractivity contribution in [3.05, 3.63) is 46.3 Å². The summed E-state index contributed by atoms with van der Waals surface area (Å²) in [7, 11) is 1.91. The van der Waals surface area contributed by atoms with Gasteiger partial charge in [0.2, 0.25) is 0 Å². The number of aryl methyl sites for hydroxylation is 1. The van der Waals surface area contributed by atoms with Crippen molar-refractivity contribution >= 4 is 23.1 Å². The number of carbonyl (C=O) groups excluding carboxylic acids is 1. The summed E-state index contributed by atoms with van der Waals surface area (Å²) >= 11 is 1.56. The van der Waals surface area contributed by atoms with Crippen LogP contribution in [0.1, 0.15) is 28.9 Å². The zero-order valence-electron chi connectivity index (χ0n) is 13.0. The second-order valence-corrected chi connectivity index (χ2v) is 6.59. The monoisotopic (exact) mass is 315 g/mol. The average molecular weight is 315 g/mol. The Hall–Kier alpha value is -1.88. The molecule has 0 radical (unpaired) electrons. The first-order chi connectivity index (χ1) is 10.6. The first-order valence-corrected chi connectivity index (χ1v) is 8.57. The number of amides is 1. The minimum atomic E-state index is 0.116. The third kappa shape index (κ3) is 3.14. The van der Waals surface area contributed by atoms with E-state index in [1.54, 1.807) is 11.3 Å². The summed E-state index contributed by atoms with van der Waals surface area (Å²) in [6, 6.07) is 8.24. The van der Waals surface area contributed by atoms with Gasteiger partial charge in [-0.15, -0.1) is 0 Å². The van der Waals surface area contributed by atoms with Crippen LogP contribution in [0, 0.1) is 6.92 Å². The minimum absolute atomic E-state index is 0.116. The number of piperidine rings is 1. The number of rotatable bonds is 3. The standard InChI is InChI=1S/C17H21N3OS/c1-13-5-3-7-16(18-13)20-9-4-6-15(11-20)19(2)17(21)14-8-10-22-12-14/h3,5,7-8,10,12,15H,4,6,9,11H2,1-2H3. The summed E-state index contributed by atoms with van der Waals surface area (Å²) < 4.78 is 0. The molecule has 116 valence electrons. The van der Waals surface area contributed by atoms with Gasteiger partial charge in [-0.25, -0.2) is 4.98 Å². The van der Waals surface area contributed by atoms with Crippen LogP contribution >= 0.6 is 11.3 Å². The highest BCUT2D eigenvalue weighted by molar-refractivity contribution is 7.08. The van der Waals surface area contributed by atoms with Gasteiger partial charge in [-0.1, -0.05) is 6.07 Å². The molecule has 0 aromatic carbocycles. The summed E-state index contributed by atoms with van der Waals surface area (Å²) in [5, 5.41) is 3.87. The van der Waals surface area contributed by atoms with Crippen LogP contribution in [-0.2, 0) is 0 Å². The van der Waals surface area contributed by atoms with Gasteiger partial charge in [0.25, 0.3) is 5.91 Å². The number of anilines is 1. The maximum atomic E-state index is 12.5. The van der Waals surface area contributed by atoms with Crippen molar-refractivity contribution in [3.63, 3.8) is 0 Å². The van der Waals surface area contributed by atoms with Gasteiger partial charge in [0.1, 0.15) is 5.82 Å². The third-order valence-electron chi connectivity index (χ3n) is 4.23. The van der Waals surface area contributed by atoms with Gasteiger partial charge in [0.05, 0.1) is 5.56 Å².